The largest absolute Gasteiger partial charge is 0.500 e. The first-order chi connectivity index (χ1) is 12.5. The summed E-state index contributed by atoms with van der Waals surface area (Å²) in [5, 5.41) is 3.44. The van der Waals surface area contributed by atoms with Crippen LogP contribution in [-0.2, 0) is 13.3 Å². The molecule has 4 nitrogen and oxygen atoms in total. The monoisotopic (exact) mass is 371 g/mol. The molecule has 140 valence electrons. The molecular weight excluding hydrogens is 342 g/mol. The smallest absolute Gasteiger partial charge is 0.377 e. The summed E-state index contributed by atoms with van der Waals surface area (Å²) in [7, 11) is 2.45. The van der Waals surface area contributed by atoms with Gasteiger partial charge in [0, 0.05) is 38.7 Å². The third-order valence-corrected chi connectivity index (χ3v) is 7.33. The van der Waals surface area contributed by atoms with E-state index in [1.165, 1.54) is 11.1 Å². The zero-order valence-corrected chi connectivity index (χ0v) is 17.3. The van der Waals surface area contributed by atoms with Crippen LogP contribution >= 0.6 is 0 Å². The molecule has 0 bridgehead atoms. The molecule has 0 aliphatic carbocycles. The first-order valence-corrected chi connectivity index (χ1v) is 10.7. The molecule has 0 spiro atoms. The Morgan fingerprint density at radius 2 is 1.46 bits per heavy atom. The maximum absolute atomic E-state index is 5.43. The van der Waals surface area contributed by atoms with Crippen LogP contribution in [0.3, 0.4) is 0 Å². The second kappa shape index (κ2) is 9.69. The van der Waals surface area contributed by atoms with Gasteiger partial charge >= 0.3 is 8.80 Å². The Morgan fingerprint density at radius 1 is 0.846 bits per heavy atom. The highest BCUT2D eigenvalue weighted by Gasteiger charge is 2.36. The van der Waals surface area contributed by atoms with Gasteiger partial charge in [-0.3, -0.25) is 0 Å². The summed E-state index contributed by atoms with van der Waals surface area (Å²) in [5.74, 6) is 0. The molecule has 0 saturated heterocycles. The van der Waals surface area contributed by atoms with E-state index in [1.807, 2.05) is 0 Å². The highest BCUT2D eigenvalue weighted by atomic mass is 28.4. The predicted molar refractivity (Wildman–Crippen MR) is 111 cm³/mol. The van der Waals surface area contributed by atoms with E-state index in [4.69, 9.17) is 13.3 Å². The minimum absolute atomic E-state index is 0.763. The zero-order valence-electron chi connectivity index (χ0n) is 16.3. The summed E-state index contributed by atoms with van der Waals surface area (Å²) in [4.78, 5) is 0. The molecule has 0 unspecified atom stereocenters. The molecule has 0 radical (unpaired) electrons. The highest BCUT2D eigenvalue weighted by Crippen LogP contribution is 2.21. The summed E-state index contributed by atoms with van der Waals surface area (Å²) in [5.41, 5.74) is 5.94. The summed E-state index contributed by atoms with van der Waals surface area (Å²) in [6, 6.07) is 15.6. The number of nitrogens with one attached hydrogen (secondary N) is 1. The van der Waals surface area contributed by atoms with Gasteiger partial charge in [-0.1, -0.05) is 30.4 Å². The highest BCUT2D eigenvalue weighted by molar-refractivity contribution is 6.60. The van der Waals surface area contributed by atoms with Crippen LogP contribution < -0.4 is 5.32 Å². The van der Waals surface area contributed by atoms with Gasteiger partial charge in [0.2, 0.25) is 0 Å². The molecule has 0 saturated carbocycles. The van der Waals surface area contributed by atoms with Crippen molar-refractivity contribution in [1.29, 1.82) is 0 Å². The van der Waals surface area contributed by atoms with Gasteiger partial charge in [0.05, 0.1) is 0 Å². The van der Waals surface area contributed by atoms with Gasteiger partial charge in [-0.15, -0.1) is 0 Å². The Hall–Kier alpha value is -1.92. The van der Waals surface area contributed by atoms with Gasteiger partial charge in [0.25, 0.3) is 0 Å². The van der Waals surface area contributed by atoms with Crippen molar-refractivity contribution in [3.8, 4) is 0 Å². The molecule has 2 rings (SSSR count). The van der Waals surface area contributed by atoms with Crippen molar-refractivity contribution in [2.75, 3.05) is 26.6 Å². The van der Waals surface area contributed by atoms with E-state index >= 15 is 0 Å². The number of aryl methyl sites for hydroxylation is 2. The SMILES string of the molecule is CO[Si](CC/C=C/c1ccc(Nc2ccc(C)c(C)c2)cc1)(OC)OC. The van der Waals surface area contributed by atoms with Crippen molar-refractivity contribution >= 4 is 26.3 Å². The zero-order chi connectivity index (χ0) is 19.0. The van der Waals surface area contributed by atoms with Gasteiger partial charge in [-0.05, 0) is 61.2 Å². The molecule has 0 atom stereocenters. The average Bonchev–Trinajstić information content (AvgIpc) is 2.67. The number of anilines is 2. The van der Waals surface area contributed by atoms with Crippen LogP contribution in [0.2, 0.25) is 6.04 Å². The van der Waals surface area contributed by atoms with Gasteiger partial charge < -0.3 is 18.6 Å². The van der Waals surface area contributed by atoms with Gasteiger partial charge in [0.15, 0.2) is 0 Å². The fourth-order valence-electron chi connectivity index (χ4n) is 2.70. The summed E-state index contributed by atoms with van der Waals surface area (Å²) in [6.45, 7) is 4.25. The maximum atomic E-state index is 5.43. The van der Waals surface area contributed by atoms with Crippen molar-refractivity contribution in [1.82, 2.24) is 0 Å². The van der Waals surface area contributed by atoms with E-state index in [9.17, 15) is 0 Å². The molecule has 0 aliphatic rings. The Kier molecular flexibility index (Phi) is 7.60. The third kappa shape index (κ3) is 5.54. The third-order valence-electron chi connectivity index (χ3n) is 4.57. The van der Waals surface area contributed by atoms with Gasteiger partial charge in [-0.2, -0.15) is 0 Å². The van der Waals surface area contributed by atoms with Gasteiger partial charge in [0.1, 0.15) is 0 Å². The van der Waals surface area contributed by atoms with Crippen molar-refractivity contribution in [2.24, 2.45) is 0 Å². The molecule has 26 heavy (non-hydrogen) atoms. The van der Waals surface area contributed by atoms with Crippen LogP contribution in [0.1, 0.15) is 23.1 Å². The predicted octanol–water partition coefficient (Wildman–Crippen LogP) is 5.33. The van der Waals surface area contributed by atoms with E-state index in [0.29, 0.717) is 0 Å². The second-order valence-electron chi connectivity index (χ2n) is 6.28. The molecule has 5 heteroatoms. The molecule has 1 N–H and O–H groups in total. The minimum Gasteiger partial charge on any atom is -0.377 e. The van der Waals surface area contributed by atoms with Crippen LogP contribution in [-0.4, -0.2) is 30.1 Å². The Morgan fingerprint density at radius 3 is 2.04 bits per heavy atom. The standard InChI is InChI=1S/C21H29NO3Si/c1-17-9-12-21(16-18(17)2)22-20-13-10-19(11-14-20)8-6-7-15-26(23-3,24-4)25-5/h6,8-14,16,22H,7,15H2,1-5H3/b8-6+. The quantitative estimate of drug-likeness (QED) is 0.605. The topological polar surface area (TPSA) is 39.7 Å². The number of benzene rings is 2. The Labute approximate surface area is 158 Å². The lowest BCUT2D eigenvalue weighted by atomic mass is 10.1. The van der Waals surface area contributed by atoms with Crippen LogP contribution in [0.25, 0.3) is 6.08 Å². The van der Waals surface area contributed by atoms with Gasteiger partial charge in [-0.25, -0.2) is 0 Å². The fourth-order valence-corrected chi connectivity index (χ4v) is 4.33. The molecule has 0 amide bonds. The normalized spacial score (nSPS) is 11.9. The summed E-state index contributed by atoms with van der Waals surface area (Å²) >= 11 is 0. The number of rotatable bonds is 9. The van der Waals surface area contributed by atoms with E-state index in [2.05, 4.69) is 73.8 Å². The molecule has 0 fully saturated rings. The number of hydrogen-bond donors (Lipinski definition) is 1. The second-order valence-corrected chi connectivity index (χ2v) is 9.37. The molecule has 2 aromatic rings. The molecule has 0 heterocycles. The van der Waals surface area contributed by atoms with Crippen molar-refractivity contribution in [3.63, 3.8) is 0 Å². The van der Waals surface area contributed by atoms with Crippen LogP contribution in [0, 0.1) is 13.8 Å². The molecule has 0 aromatic heterocycles. The molecule has 2 aromatic carbocycles. The fraction of sp³-hybridized carbons (Fsp3) is 0.333. The molecular formula is C21H29NO3Si. The van der Waals surface area contributed by atoms with Crippen LogP contribution in [0.4, 0.5) is 11.4 Å². The lowest BCUT2D eigenvalue weighted by Gasteiger charge is -2.23. The van der Waals surface area contributed by atoms with Crippen molar-refractivity contribution < 1.29 is 13.3 Å². The maximum Gasteiger partial charge on any atom is 0.500 e. The minimum atomic E-state index is -2.48. The Balaban J connectivity index is 1.91. The van der Waals surface area contributed by atoms with E-state index in [1.54, 1.807) is 21.3 Å². The number of allylic oxidation sites excluding steroid dienone is 1. The summed E-state index contributed by atoms with van der Waals surface area (Å²) < 4.78 is 16.3. The first-order valence-electron chi connectivity index (χ1n) is 8.78. The average molecular weight is 372 g/mol. The number of hydrogen-bond acceptors (Lipinski definition) is 4. The van der Waals surface area contributed by atoms with Crippen LogP contribution in [0.15, 0.2) is 48.5 Å². The lowest BCUT2D eigenvalue weighted by molar-refractivity contribution is 0.124. The van der Waals surface area contributed by atoms with Crippen LogP contribution in [0.5, 0.6) is 0 Å². The molecule has 0 aliphatic heterocycles. The van der Waals surface area contributed by atoms with E-state index in [0.717, 1.165) is 29.4 Å². The summed E-state index contributed by atoms with van der Waals surface area (Å²) in [6.07, 6.45) is 5.09. The van der Waals surface area contributed by atoms with Crippen molar-refractivity contribution in [3.05, 3.63) is 65.2 Å². The first kappa shape index (κ1) is 20.4. The van der Waals surface area contributed by atoms with E-state index in [-0.39, 0.29) is 0 Å². The lowest BCUT2D eigenvalue weighted by Crippen LogP contribution is -2.42. The Bertz CT molecular complexity index is 716. The van der Waals surface area contributed by atoms with E-state index < -0.39 is 8.80 Å². The van der Waals surface area contributed by atoms with Crippen molar-refractivity contribution in [2.45, 2.75) is 26.3 Å².